The number of terminal acetylenes is 1. The number of nitrogens with zero attached hydrogens (tertiary/aromatic N) is 2. The molecular formula is C12H21N3. The highest BCUT2D eigenvalue weighted by Gasteiger charge is 2.25. The molecule has 2 saturated heterocycles. The van der Waals surface area contributed by atoms with E-state index in [0.717, 1.165) is 19.6 Å². The lowest BCUT2D eigenvalue weighted by molar-refractivity contribution is 0.169. The summed E-state index contributed by atoms with van der Waals surface area (Å²) >= 11 is 0. The Bertz CT molecular complexity index is 228. The molecule has 0 spiro atoms. The molecule has 3 heteroatoms. The van der Waals surface area contributed by atoms with Crippen molar-refractivity contribution in [2.45, 2.75) is 18.9 Å². The molecule has 84 valence electrons. The summed E-state index contributed by atoms with van der Waals surface area (Å²) in [5.74, 6) is 2.77. The normalized spacial score (nSPS) is 29.1. The molecule has 0 aromatic rings. The topological polar surface area (TPSA) is 18.5 Å². The van der Waals surface area contributed by atoms with E-state index in [1.165, 1.54) is 39.0 Å². The molecule has 2 aliphatic heterocycles. The Morgan fingerprint density at radius 1 is 1.27 bits per heavy atom. The van der Waals surface area contributed by atoms with Gasteiger partial charge in [0.05, 0.1) is 6.54 Å². The van der Waals surface area contributed by atoms with Gasteiger partial charge in [-0.15, -0.1) is 6.42 Å². The molecule has 0 aromatic carbocycles. The van der Waals surface area contributed by atoms with Crippen molar-refractivity contribution in [3.05, 3.63) is 0 Å². The van der Waals surface area contributed by atoms with E-state index in [2.05, 4.69) is 21.0 Å². The molecule has 0 radical (unpaired) electrons. The fourth-order valence-corrected chi connectivity index (χ4v) is 2.62. The van der Waals surface area contributed by atoms with Crippen LogP contribution in [0.2, 0.25) is 0 Å². The van der Waals surface area contributed by atoms with Gasteiger partial charge in [0.2, 0.25) is 0 Å². The van der Waals surface area contributed by atoms with Crippen molar-refractivity contribution in [2.75, 3.05) is 45.8 Å². The smallest absolute Gasteiger partial charge is 0.0601 e. The first-order valence-corrected chi connectivity index (χ1v) is 6.01. The van der Waals surface area contributed by atoms with E-state index in [-0.39, 0.29) is 0 Å². The standard InChI is InChI=1S/C12H21N3/c1-2-7-15-8-3-4-12(15)11-14-9-5-13-6-10-14/h1,12-13H,3-11H2. The Kier molecular flexibility index (Phi) is 4.01. The zero-order valence-electron chi connectivity index (χ0n) is 9.41. The largest absolute Gasteiger partial charge is 0.314 e. The summed E-state index contributed by atoms with van der Waals surface area (Å²) in [6.45, 7) is 7.91. The van der Waals surface area contributed by atoms with Crippen molar-refractivity contribution < 1.29 is 0 Å². The summed E-state index contributed by atoms with van der Waals surface area (Å²) in [5, 5.41) is 3.39. The molecule has 0 aromatic heterocycles. The second-order valence-corrected chi connectivity index (χ2v) is 4.52. The van der Waals surface area contributed by atoms with Crippen molar-refractivity contribution in [1.29, 1.82) is 0 Å². The molecular weight excluding hydrogens is 186 g/mol. The molecule has 0 aliphatic carbocycles. The molecule has 0 amide bonds. The van der Waals surface area contributed by atoms with E-state index >= 15 is 0 Å². The van der Waals surface area contributed by atoms with Gasteiger partial charge in [-0.2, -0.15) is 0 Å². The highest BCUT2D eigenvalue weighted by Crippen LogP contribution is 2.17. The number of hydrogen-bond acceptors (Lipinski definition) is 3. The molecule has 15 heavy (non-hydrogen) atoms. The van der Waals surface area contributed by atoms with Gasteiger partial charge in [-0.25, -0.2) is 0 Å². The van der Waals surface area contributed by atoms with Crippen molar-refractivity contribution in [3.63, 3.8) is 0 Å². The van der Waals surface area contributed by atoms with E-state index in [1.807, 2.05) is 0 Å². The van der Waals surface area contributed by atoms with Crippen LogP contribution in [0.5, 0.6) is 0 Å². The molecule has 2 aliphatic rings. The first-order chi connectivity index (χ1) is 7.40. The molecule has 1 unspecified atom stereocenters. The quantitative estimate of drug-likeness (QED) is 0.657. The van der Waals surface area contributed by atoms with Crippen molar-refractivity contribution in [1.82, 2.24) is 15.1 Å². The summed E-state index contributed by atoms with van der Waals surface area (Å²) in [6.07, 6.45) is 8.03. The highest BCUT2D eigenvalue weighted by atomic mass is 15.2. The van der Waals surface area contributed by atoms with Crippen LogP contribution in [0.3, 0.4) is 0 Å². The van der Waals surface area contributed by atoms with Crippen LogP contribution in [0.25, 0.3) is 0 Å². The summed E-state index contributed by atoms with van der Waals surface area (Å²) < 4.78 is 0. The molecule has 0 bridgehead atoms. The second kappa shape index (κ2) is 5.50. The van der Waals surface area contributed by atoms with Crippen LogP contribution in [0.4, 0.5) is 0 Å². The van der Waals surface area contributed by atoms with E-state index in [1.54, 1.807) is 0 Å². The summed E-state index contributed by atoms with van der Waals surface area (Å²) in [6, 6.07) is 0.708. The average Bonchev–Trinajstić information content (AvgIpc) is 2.68. The monoisotopic (exact) mass is 207 g/mol. The van der Waals surface area contributed by atoms with Gasteiger partial charge in [0.1, 0.15) is 0 Å². The maximum Gasteiger partial charge on any atom is 0.0601 e. The van der Waals surface area contributed by atoms with Crippen LogP contribution in [0.1, 0.15) is 12.8 Å². The molecule has 2 fully saturated rings. The van der Waals surface area contributed by atoms with Gasteiger partial charge in [-0.1, -0.05) is 5.92 Å². The van der Waals surface area contributed by atoms with Gasteiger partial charge in [-0.3, -0.25) is 9.80 Å². The summed E-state index contributed by atoms with van der Waals surface area (Å²) in [4.78, 5) is 5.03. The molecule has 3 nitrogen and oxygen atoms in total. The van der Waals surface area contributed by atoms with Crippen LogP contribution in [0, 0.1) is 12.3 Å². The van der Waals surface area contributed by atoms with E-state index in [9.17, 15) is 0 Å². The number of likely N-dealkylation sites (tertiary alicyclic amines) is 1. The van der Waals surface area contributed by atoms with Crippen LogP contribution in [-0.2, 0) is 0 Å². The maximum absolute atomic E-state index is 5.39. The van der Waals surface area contributed by atoms with Gasteiger partial charge in [0.25, 0.3) is 0 Å². The summed E-state index contributed by atoms with van der Waals surface area (Å²) in [5.41, 5.74) is 0. The number of hydrogen-bond donors (Lipinski definition) is 1. The molecule has 0 saturated carbocycles. The fraction of sp³-hybridized carbons (Fsp3) is 0.833. The zero-order valence-corrected chi connectivity index (χ0v) is 9.41. The second-order valence-electron chi connectivity index (χ2n) is 4.52. The van der Waals surface area contributed by atoms with Gasteiger partial charge in [0.15, 0.2) is 0 Å². The Morgan fingerprint density at radius 3 is 2.80 bits per heavy atom. The third-order valence-electron chi connectivity index (χ3n) is 3.47. The number of nitrogens with one attached hydrogen (secondary N) is 1. The van der Waals surface area contributed by atoms with Gasteiger partial charge in [-0.05, 0) is 19.4 Å². The Labute approximate surface area is 92.8 Å². The predicted molar refractivity (Wildman–Crippen MR) is 62.7 cm³/mol. The Morgan fingerprint density at radius 2 is 2.07 bits per heavy atom. The Hall–Kier alpha value is -0.560. The number of piperazine rings is 1. The van der Waals surface area contributed by atoms with Crippen LogP contribution in [-0.4, -0.2) is 61.7 Å². The van der Waals surface area contributed by atoms with Crippen molar-refractivity contribution >= 4 is 0 Å². The van der Waals surface area contributed by atoms with E-state index in [0.29, 0.717) is 6.04 Å². The highest BCUT2D eigenvalue weighted by molar-refractivity contribution is 4.93. The third kappa shape index (κ3) is 2.94. The average molecular weight is 207 g/mol. The van der Waals surface area contributed by atoms with Gasteiger partial charge < -0.3 is 5.32 Å². The van der Waals surface area contributed by atoms with Crippen LogP contribution in [0.15, 0.2) is 0 Å². The SMILES string of the molecule is C#CCN1CCCC1CN1CCNCC1. The van der Waals surface area contributed by atoms with E-state index < -0.39 is 0 Å². The molecule has 1 N–H and O–H groups in total. The molecule has 1 atom stereocenters. The van der Waals surface area contributed by atoms with Crippen molar-refractivity contribution in [2.24, 2.45) is 0 Å². The van der Waals surface area contributed by atoms with Crippen molar-refractivity contribution in [3.8, 4) is 12.3 Å². The van der Waals surface area contributed by atoms with Gasteiger partial charge in [0, 0.05) is 38.8 Å². The maximum atomic E-state index is 5.39. The summed E-state index contributed by atoms with van der Waals surface area (Å²) in [7, 11) is 0. The lowest BCUT2D eigenvalue weighted by atomic mass is 10.2. The minimum Gasteiger partial charge on any atom is -0.314 e. The molecule has 2 heterocycles. The first-order valence-electron chi connectivity index (χ1n) is 6.01. The lowest BCUT2D eigenvalue weighted by Gasteiger charge is -2.32. The zero-order chi connectivity index (χ0) is 10.5. The predicted octanol–water partition coefficient (Wildman–Crippen LogP) is -0.0108. The van der Waals surface area contributed by atoms with Gasteiger partial charge >= 0.3 is 0 Å². The lowest BCUT2D eigenvalue weighted by Crippen LogP contribution is -2.48. The third-order valence-corrected chi connectivity index (χ3v) is 3.47. The van der Waals surface area contributed by atoms with E-state index in [4.69, 9.17) is 6.42 Å². The fourth-order valence-electron chi connectivity index (χ4n) is 2.62. The Balaban J connectivity index is 1.79. The molecule has 2 rings (SSSR count). The minimum absolute atomic E-state index is 0.708. The minimum atomic E-state index is 0.708. The number of rotatable bonds is 3. The van der Waals surface area contributed by atoms with Crippen LogP contribution >= 0.6 is 0 Å². The van der Waals surface area contributed by atoms with Crippen LogP contribution < -0.4 is 5.32 Å². The first kappa shape index (κ1) is 10.9.